The molecule has 2 aromatic rings. The molecule has 9 heteroatoms. The van der Waals surface area contributed by atoms with Crippen LogP contribution < -0.4 is 5.32 Å². The van der Waals surface area contributed by atoms with E-state index in [0.29, 0.717) is 24.5 Å². The average molecular weight is 378 g/mol. The third kappa shape index (κ3) is 3.95. The van der Waals surface area contributed by atoms with E-state index in [1.165, 1.54) is 22.5 Å². The lowest BCUT2D eigenvalue weighted by molar-refractivity contribution is 0.0988. The number of sulfonamides is 1. The predicted molar refractivity (Wildman–Crippen MR) is 96.5 cm³/mol. The molecule has 1 aromatic heterocycles. The van der Waals surface area contributed by atoms with Crippen molar-refractivity contribution in [3.05, 3.63) is 41.8 Å². The minimum atomic E-state index is -3.59. The zero-order valence-corrected chi connectivity index (χ0v) is 15.6. The first-order valence-electron chi connectivity index (χ1n) is 8.47. The second-order valence-electron chi connectivity index (χ2n) is 6.15. The Kier molecular flexibility index (Phi) is 5.40. The van der Waals surface area contributed by atoms with Gasteiger partial charge in [-0.25, -0.2) is 8.42 Å². The minimum Gasteiger partial charge on any atom is -0.351 e. The number of nitrogens with zero attached hydrogens (tertiary/aromatic N) is 3. The molecule has 0 unspecified atom stereocenters. The maximum absolute atomic E-state index is 12.9. The summed E-state index contributed by atoms with van der Waals surface area (Å²) < 4.78 is 32.1. The summed E-state index contributed by atoms with van der Waals surface area (Å²) in [4.78, 5) is 14.5. The van der Waals surface area contributed by atoms with E-state index in [1.54, 1.807) is 19.1 Å². The fourth-order valence-corrected chi connectivity index (χ4v) is 4.30. The molecule has 26 heavy (non-hydrogen) atoms. The standard InChI is InChI=1S/C17H22N4O4S/c1-3-20-7-9-21(10-8-20)26(23,24)15-6-4-5-14(12-15)18-17(22)16-11-13(2)19-25-16/h4-6,11-12H,3,7-10H2,1-2H3,(H,18,22). The number of anilines is 1. The van der Waals surface area contributed by atoms with Gasteiger partial charge in [-0.05, 0) is 31.7 Å². The summed E-state index contributed by atoms with van der Waals surface area (Å²) in [5.74, 6) is -0.400. The summed E-state index contributed by atoms with van der Waals surface area (Å²) in [6, 6.07) is 7.76. The number of aryl methyl sites for hydroxylation is 1. The van der Waals surface area contributed by atoms with Crippen molar-refractivity contribution in [3.63, 3.8) is 0 Å². The monoisotopic (exact) mass is 378 g/mol. The largest absolute Gasteiger partial charge is 0.351 e. The molecule has 1 N–H and O–H groups in total. The van der Waals surface area contributed by atoms with E-state index in [-0.39, 0.29) is 10.7 Å². The summed E-state index contributed by atoms with van der Waals surface area (Å²) in [7, 11) is -3.59. The van der Waals surface area contributed by atoms with Gasteiger partial charge in [0.15, 0.2) is 0 Å². The Morgan fingerprint density at radius 1 is 1.23 bits per heavy atom. The molecule has 0 bridgehead atoms. The van der Waals surface area contributed by atoms with Crippen LogP contribution >= 0.6 is 0 Å². The highest BCUT2D eigenvalue weighted by Gasteiger charge is 2.28. The SMILES string of the molecule is CCN1CCN(S(=O)(=O)c2cccc(NC(=O)c3cc(C)no3)c2)CC1. The lowest BCUT2D eigenvalue weighted by atomic mass is 10.3. The summed E-state index contributed by atoms with van der Waals surface area (Å²) in [6.07, 6.45) is 0. The Morgan fingerprint density at radius 2 is 1.96 bits per heavy atom. The van der Waals surface area contributed by atoms with Gasteiger partial charge in [-0.1, -0.05) is 18.1 Å². The van der Waals surface area contributed by atoms with Crippen molar-refractivity contribution in [3.8, 4) is 0 Å². The summed E-state index contributed by atoms with van der Waals surface area (Å²) in [5, 5.41) is 6.31. The molecule has 1 fully saturated rings. The number of rotatable bonds is 5. The van der Waals surface area contributed by atoms with Gasteiger partial charge in [0, 0.05) is 37.9 Å². The summed E-state index contributed by atoms with van der Waals surface area (Å²) >= 11 is 0. The smallest absolute Gasteiger partial charge is 0.294 e. The maximum atomic E-state index is 12.9. The van der Waals surface area contributed by atoms with E-state index in [2.05, 4.69) is 22.3 Å². The van der Waals surface area contributed by atoms with Crippen LogP contribution in [0.25, 0.3) is 0 Å². The van der Waals surface area contributed by atoms with Gasteiger partial charge >= 0.3 is 0 Å². The lowest BCUT2D eigenvalue weighted by Crippen LogP contribution is -2.48. The lowest BCUT2D eigenvalue weighted by Gasteiger charge is -2.33. The van der Waals surface area contributed by atoms with E-state index in [0.717, 1.165) is 19.6 Å². The van der Waals surface area contributed by atoms with Crippen LogP contribution in [0, 0.1) is 6.92 Å². The first-order chi connectivity index (χ1) is 12.4. The number of aromatic nitrogens is 1. The summed E-state index contributed by atoms with van der Waals surface area (Å²) in [5.41, 5.74) is 0.982. The Balaban J connectivity index is 1.75. The number of benzene rings is 1. The first-order valence-corrected chi connectivity index (χ1v) is 9.91. The van der Waals surface area contributed by atoms with Crippen molar-refractivity contribution in [1.29, 1.82) is 0 Å². The van der Waals surface area contributed by atoms with E-state index >= 15 is 0 Å². The van der Waals surface area contributed by atoms with Crippen molar-refractivity contribution in [2.45, 2.75) is 18.7 Å². The van der Waals surface area contributed by atoms with Gasteiger partial charge < -0.3 is 14.7 Å². The molecule has 1 aromatic carbocycles. The highest BCUT2D eigenvalue weighted by Crippen LogP contribution is 2.21. The second kappa shape index (κ2) is 7.56. The molecule has 0 atom stereocenters. The normalized spacial score (nSPS) is 16.5. The van der Waals surface area contributed by atoms with E-state index < -0.39 is 15.9 Å². The van der Waals surface area contributed by atoms with Crippen molar-refractivity contribution in [2.24, 2.45) is 0 Å². The third-order valence-electron chi connectivity index (χ3n) is 4.36. The maximum Gasteiger partial charge on any atom is 0.294 e. The van der Waals surface area contributed by atoms with Crippen LogP contribution in [0.15, 0.2) is 39.8 Å². The Bertz CT molecular complexity index is 886. The third-order valence-corrected chi connectivity index (χ3v) is 6.25. The van der Waals surface area contributed by atoms with Gasteiger partial charge in [-0.2, -0.15) is 4.31 Å². The molecule has 1 aliphatic heterocycles. The van der Waals surface area contributed by atoms with Crippen LogP contribution in [0.3, 0.4) is 0 Å². The van der Waals surface area contributed by atoms with Crippen molar-refractivity contribution >= 4 is 21.6 Å². The van der Waals surface area contributed by atoms with E-state index in [1.807, 2.05) is 0 Å². The number of hydrogen-bond donors (Lipinski definition) is 1. The topological polar surface area (TPSA) is 95.8 Å². The Labute approximate surface area is 152 Å². The quantitative estimate of drug-likeness (QED) is 0.848. The first kappa shape index (κ1) is 18.6. The molecule has 0 saturated carbocycles. The van der Waals surface area contributed by atoms with Crippen LogP contribution in [0.1, 0.15) is 23.2 Å². The molecule has 0 radical (unpaired) electrons. The second-order valence-corrected chi connectivity index (χ2v) is 8.09. The number of likely N-dealkylation sites (N-methyl/N-ethyl adjacent to an activating group) is 1. The highest BCUT2D eigenvalue weighted by atomic mass is 32.2. The van der Waals surface area contributed by atoms with Crippen LogP contribution in [0.2, 0.25) is 0 Å². The van der Waals surface area contributed by atoms with Gasteiger partial charge in [0.1, 0.15) is 0 Å². The Hall–Kier alpha value is -2.23. The molecule has 8 nitrogen and oxygen atoms in total. The molecular formula is C17H22N4O4S. The summed E-state index contributed by atoms with van der Waals surface area (Å²) in [6.45, 7) is 7.05. The van der Waals surface area contributed by atoms with Gasteiger partial charge in [0.2, 0.25) is 15.8 Å². The van der Waals surface area contributed by atoms with Crippen molar-refractivity contribution in [2.75, 3.05) is 38.0 Å². The fraction of sp³-hybridized carbons (Fsp3) is 0.412. The number of amides is 1. The van der Waals surface area contributed by atoms with Crippen LogP contribution in [0.5, 0.6) is 0 Å². The molecule has 3 rings (SSSR count). The van der Waals surface area contributed by atoms with Crippen LogP contribution in [-0.2, 0) is 10.0 Å². The van der Waals surface area contributed by atoms with Gasteiger partial charge in [0.05, 0.1) is 10.6 Å². The number of hydrogen-bond acceptors (Lipinski definition) is 6. The number of nitrogens with one attached hydrogen (secondary N) is 1. The number of carbonyl (C=O) groups excluding carboxylic acids is 1. The van der Waals surface area contributed by atoms with Crippen molar-refractivity contribution in [1.82, 2.24) is 14.4 Å². The molecule has 0 spiro atoms. The molecule has 0 aliphatic carbocycles. The molecule has 140 valence electrons. The number of carbonyl (C=O) groups is 1. The number of piperazine rings is 1. The molecular weight excluding hydrogens is 356 g/mol. The fourth-order valence-electron chi connectivity index (χ4n) is 2.83. The predicted octanol–water partition coefficient (Wildman–Crippen LogP) is 1.56. The minimum absolute atomic E-state index is 0.0754. The molecule has 1 amide bonds. The van der Waals surface area contributed by atoms with Crippen LogP contribution in [-0.4, -0.2) is 61.4 Å². The Morgan fingerprint density at radius 3 is 2.58 bits per heavy atom. The molecule has 1 saturated heterocycles. The molecule has 1 aliphatic rings. The zero-order valence-electron chi connectivity index (χ0n) is 14.8. The van der Waals surface area contributed by atoms with Crippen molar-refractivity contribution < 1.29 is 17.7 Å². The average Bonchev–Trinajstić information content (AvgIpc) is 3.08. The van der Waals surface area contributed by atoms with E-state index in [9.17, 15) is 13.2 Å². The van der Waals surface area contributed by atoms with E-state index in [4.69, 9.17) is 4.52 Å². The van der Waals surface area contributed by atoms with Crippen LogP contribution in [0.4, 0.5) is 5.69 Å². The highest BCUT2D eigenvalue weighted by molar-refractivity contribution is 7.89. The van der Waals surface area contributed by atoms with Gasteiger partial charge in [-0.3, -0.25) is 4.79 Å². The van der Waals surface area contributed by atoms with Gasteiger partial charge in [-0.15, -0.1) is 0 Å². The molecule has 2 heterocycles. The van der Waals surface area contributed by atoms with Gasteiger partial charge in [0.25, 0.3) is 5.91 Å². The zero-order chi connectivity index (χ0) is 18.7.